The fourth-order valence-corrected chi connectivity index (χ4v) is 1.24. The van der Waals surface area contributed by atoms with Gasteiger partial charge in [-0.1, -0.05) is 24.3 Å². The summed E-state index contributed by atoms with van der Waals surface area (Å²) in [7, 11) is 0. The molecule has 1 aliphatic rings. The van der Waals surface area contributed by atoms with E-state index in [1.54, 1.807) is 24.3 Å². The molecule has 1 aromatic carbocycles. The number of rotatable bonds is 0. The normalized spacial score (nSPS) is 13.5. The summed E-state index contributed by atoms with van der Waals surface area (Å²) in [6, 6.07) is 6.84. The van der Waals surface area contributed by atoms with Crippen molar-refractivity contribution in [2.24, 2.45) is 0 Å². The number of allylic oxidation sites excluding steroid dienone is 2. The molecule has 13 heavy (non-hydrogen) atoms. The number of ketones is 2. The molecule has 0 saturated carbocycles. The largest absolute Gasteiger partial charge is 0.289 e. The Bertz CT molecular complexity index is 357. The Hall–Kier alpha value is -1.22. The maximum Gasteiger partial charge on any atom is 0.186 e. The topological polar surface area (TPSA) is 34.1 Å². The van der Waals surface area contributed by atoms with Crippen molar-refractivity contribution in [2.75, 3.05) is 0 Å². The highest BCUT2D eigenvalue weighted by Gasteiger charge is 2.16. The number of benzene rings is 1. The molecule has 0 fully saturated rings. The number of hydrogen-bond donors (Lipinski definition) is 0. The lowest BCUT2D eigenvalue weighted by Gasteiger charge is -2.06. The van der Waals surface area contributed by atoms with Crippen molar-refractivity contribution < 1.29 is 9.59 Å². The Morgan fingerprint density at radius 2 is 1.15 bits per heavy atom. The Kier molecular flexibility index (Phi) is 2.78. The van der Waals surface area contributed by atoms with Crippen molar-refractivity contribution in [3.8, 4) is 0 Å². The van der Waals surface area contributed by atoms with Crippen LogP contribution in [0.15, 0.2) is 36.4 Å². The quantitative estimate of drug-likeness (QED) is 0.695. The lowest BCUT2D eigenvalue weighted by molar-refractivity contribution is 0.0994. The van der Waals surface area contributed by atoms with Gasteiger partial charge < -0.3 is 0 Å². The molecule has 0 bridgehead atoms. The van der Waals surface area contributed by atoms with Crippen LogP contribution in [0.4, 0.5) is 0 Å². The predicted octanol–water partition coefficient (Wildman–Crippen LogP) is 2.20. The van der Waals surface area contributed by atoms with E-state index in [1.165, 1.54) is 12.2 Å². The molecule has 0 amide bonds. The highest BCUT2D eigenvalue weighted by molar-refractivity contribution is 8.93. The van der Waals surface area contributed by atoms with Crippen molar-refractivity contribution in [1.82, 2.24) is 0 Å². The molecule has 0 aliphatic heterocycles. The van der Waals surface area contributed by atoms with Crippen LogP contribution in [0, 0.1) is 0 Å². The monoisotopic (exact) mass is 238 g/mol. The second-order valence-corrected chi connectivity index (χ2v) is 2.61. The lowest BCUT2D eigenvalue weighted by Crippen LogP contribution is -2.10. The highest BCUT2D eigenvalue weighted by atomic mass is 79.9. The van der Waals surface area contributed by atoms with Crippen LogP contribution in [-0.2, 0) is 0 Å². The van der Waals surface area contributed by atoms with Gasteiger partial charge in [0.1, 0.15) is 0 Å². The van der Waals surface area contributed by atoms with Gasteiger partial charge in [0.25, 0.3) is 0 Å². The van der Waals surface area contributed by atoms with Gasteiger partial charge in [-0.25, -0.2) is 0 Å². The van der Waals surface area contributed by atoms with Gasteiger partial charge in [-0.3, -0.25) is 9.59 Å². The fraction of sp³-hybridized carbons (Fsp3) is 0. The summed E-state index contributed by atoms with van der Waals surface area (Å²) >= 11 is 0. The molecule has 0 aromatic heterocycles. The maximum atomic E-state index is 11.2. The molecule has 1 aromatic rings. The minimum absolute atomic E-state index is 0. The third-order valence-electron chi connectivity index (χ3n) is 1.84. The molecule has 0 heterocycles. The van der Waals surface area contributed by atoms with Crippen molar-refractivity contribution in [3.05, 3.63) is 47.5 Å². The zero-order valence-electron chi connectivity index (χ0n) is 6.69. The lowest BCUT2D eigenvalue weighted by atomic mass is 9.95. The van der Waals surface area contributed by atoms with Gasteiger partial charge in [-0.2, -0.15) is 0 Å². The van der Waals surface area contributed by atoms with Crippen LogP contribution in [0.5, 0.6) is 0 Å². The third-order valence-corrected chi connectivity index (χ3v) is 1.84. The van der Waals surface area contributed by atoms with E-state index >= 15 is 0 Å². The zero-order valence-corrected chi connectivity index (χ0v) is 8.40. The Morgan fingerprint density at radius 1 is 0.769 bits per heavy atom. The molecule has 0 spiro atoms. The van der Waals surface area contributed by atoms with Crippen molar-refractivity contribution in [2.45, 2.75) is 0 Å². The van der Waals surface area contributed by atoms with Crippen molar-refractivity contribution >= 4 is 28.5 Å². The zero-order chi connectivity index (χ0) is 8.55. The first kappa shape index (κ1) is 9.86. The number of hydrogen-bond acceptors (Lipinski definition) is 2. The fourth-order valence-electron chi connectivity index (χ4n) is 1.24. The van der Waals surface area contributed by atoms with Crippen molar-refractivity contribution in [3.63, 3.8) is 0 Å². The Labute approximate surface area is 86.0 Å². The van der Waals surface area contributed by atoms with Gasteiger partial charge >= 0.3 is 0 Å². The van der Waals surface area contributed by atoms with Gasteiger partial charge in [-0.05, 0) is 12.2 Å². The highest BCUT2D eigenvalue weighted by Crippen LogP contribution is 2.15. The predicted molar refractivity (Wildman–Crippen MR) is 54.6 cm³/mol. The van der Waals surface area contributed by atoms with Crippen LogP contribution in [0.25, 0.3) is 0 Å². The number of fused-ring (bicyclic) bond motifs is 1. The van der Waals surface area contributed by atoms with E-state index in [1.807, 2.05) is 0 Å². The minimum atomic E-state index is -0.0924. The van der Waals surface area contributed by atoms with Gasteiger partial charge in [0.2, 0.25) is 0 Å². The summed E-state index contributed by atoms with van der Waals surface area (Å²) in [5.74, 6) is -0.185. The molecule has 0 N–H and O–H groups in total. The standard InChI is InChI=1S/C10H6O2.BrH/c11-9-5-6-10(12)8-4-2-1-3-7(8)9;/h1-6H;1H. The molecule has 0 unspecified atom stereocenters. The summed E-state index contributed by atoms with van der Waals surface area (Å²) in [5.41, 5.74) is 1.01. The molecular weight excluding hydrogens is 232 g/mol. The smallest absolute Gasteiger partial charge is 0.186 e. The van der Waals surface area contributed by atoms with E-state index in [4.69, 9.17) is 0 Å². The summed E-state index contributed by atoms with van der Waals surface area (Å²) in [4.78, 5) is 22.4. The van der Waals surface area contributed by atoms with Gasteiger partial charge in [0.05, 0.1) is 0 Å². The first-order chi connectivity index (χ1) is 5.79. The van der Waals surface area contributed by atoms with Gasteiger partial charge in [0, 0.05) is 11.1 Å². The molecule has 66 valence electrons. The van der Waals surface area contributed by atoms with E-state index in [0.29, 0.717) is 11.1 Å². The van der Waals surface area contributed by atoms with Gasteiger partial charge in [0.15, 0.2) is 11.6 Å². The van der Waals surface area contributed by atoms with Crippen LogP contribution < -0.4 is 0 Å². The first-order valence-electron chi connectivity index (χ1n) is 3.65. The van der Waals surface area contributed by atoms with Crippen LogP contribution >= 0.6 is 17.0 Å². The van der Waals surface area contributed by atoms with Crippen LogP contribution in [-0.4, -0.2) is 11.6 Å². The molecule has 3 heteroatoms. The average Bonchev–Trinajstić information content (AvgIpc) is 2.12. The summed E-state index contributed by atoms with van der Waals surface area (Å²) in [5, 5.41) is 0. The van der Waals surface area contributed by atoms with Crippen LogP contribution in [0.1, 0.15) is 20.7 Å². The average molecular weight is 239 g/mol. The van der Waals surface area contributed by atoms with E-state index < -0.39 is 0 Å². The van der Waals surface area contributed by atoms with Crippen molar-refractivity contribution in [1.29, 1.82) is 0 Å². The molecule has 1 aliphatic carbocycles. The van der Waals surface area contributed by atoms with Crippen LogP contribution in [0.3, 0.4) is 0 Å². The van der Waals surface area contributed by atoms with E-state index in [0.717, 1.165) is 0 Å². The van der Waals surface area contributed by atoms with Gasteiger partial charge in [-0.15, -0.1) is 17.0 Å². The second-order valence-electron chi connectivity index (χ2n) is 2.61. The van der Waals surface area contributed by atoms with Crippen LogP contribution in [0.2, 0.25) is 0 Å². The summed E-state index contributed by atoms with van der Waals surface area (Å²) in [6.07, 6.45) is 2.62. The summed E-state index contributed by atoms with van der Waals surface area (Å²) in [6.45, 7) is 0. The second kappa shape index (κ2) is 3.66. The Morgan fingerprint density at radius 3 is 1.54 bits per heavy atom. The van der Waals surface area contributed by atoms with E-state index in [-0.39, 0.29) is 28.5 Å². The SMILES string of the molecule is Br.O=C1C=CC(=O)c2ccccc21. The van der Waals surface area contributed by atoms with E-state index in [9.17, 15) is 9.59 Å². The minimum Gasteiger partial charge on any atom is -0.289 e. The number of halogens is 1. The molecule has 0 saturated heterocycles. The van der Waals surface area contributed by atoms with E-state index in [2.05, 4.69) is 0 Å². The molecule has 0 atom stereocenters. The third kappa shape index (κ3) is 1.60. The first-order valence-corrected chi connectivity index (χ1v) is 3.65. The molecule has 2 rings (SSSR count). The Balaban J connectivity index is 0.000000845. The molecule has 2 nitrogen and oxygen atoms in total. The summed E-state index contributed by atoms with van der Waals surface area (Å²) < 4.78 is 0. The number of carbonyl (C=O) groups excluding carboxylic acids is 2. The maximum absolute atomic E-state index is 11.2. The number of carbonyl (C=O) groups is 2. The molecule has 0 radical (unpaired) electrons. The molecular formula is C10H7BrO2.